The van der Waals surface area contributed by atoms with Crippen molar-refractivity contribution in [3.05, 3.63) is 11.7 Å². The van der Waals surface area contributed by atoms with Gasteiger partial charge in [-0.05, 0) is 0 Å². The highest BCUT2D eigenvalue weighted by molar-refractivity contribution is 5.83. The molecule has 20 heavy (non-hydrogen) atoms. The molecule has 0 aromatic carbocycles. The van der Waals surface area contributed by atoms with Gasteiger partial charge in [-0.3, -0.25) is 0 Å². The Labute approximate surface area is 114 Å². The van der Waals surface area contributed by atoms with E-state index < -0.39 is 24.1 Å². The minimum Gasteiger partial charge on any atom is -0.480 e. The molecule has 9 nitrogen and oxygen atoms in total. The number of aliphatic carboxylic acids is 1. The molecule has 1 aromatic heterocycles. The molecule has 1 aromatic rings. The second-order valence-electron chi connectivity index (χ2n) is 4.61. The number of aliphatic hydroxyl groups excluding tert-OH is 1. The Kier molecular flexibility index (Phi) is 4.18. The van der Waals surface area contributed by atoms with Crippen LogP contribution < -0.4 is 5.32 Å². The fraction of sp³-hybridized carbons (Fsp3) is 0.636. The van der Waals surface area contributed by atoms with Crippen molar-refractivity contribution in [2.45, 2.75) is 31.9 Å². The fourth-order valence-corrected chi connectivity index (χ4v) is 2.10. The summed E-state index contributed by atoms with van der Waals surface area (Å²) in [5.74, 6) is -0.204. The molecule has 0 saturated carbocycles. The molecule has 2 atom stereocenters. The molecular formula is C11H16N4O5. The molecule has 0 aliphatic carbocycles. The molecule has 0 unspecified atom stereocenters. The largest absolute Gasteiger partial charge is 0.480 e. The monoisotopic (exact) mass is 284 g/mol. The molecule has 0 spiro atoms. The number of aryl methyl sites for hydroxylation is 1. The summed E-state index contributed by atoms with van der Waals surface area (Å²) in [7, 11) is 0. The van der Waals surface area contributed by atoms with Gasteiger partial charge in [0.25, 0.3) is 0 Å². The van der Waals surface area contributed by atoms with Gasteiger partial charge in [0.2, 0.25) is 5.89 Å². The zero-order valence-corrected chi connectivity index (χ0v) is 10.9. The first kappa shape index (κ1) is 14.3. The number of aliphatic hydroxyl groups is 1. The number of nitrogens with zero attached hydrogens (tertiary/aromatic N) is 3. The maximum absolute atomic E-state index is 11.9. The summed E-state index contributed by atoms with van der Waals surface area (Å²) in [6.07, 6.45) is -0.369. The molecule has 1 fully saturated rings. The quantitative estimate of drug-likeness (QED) is 0.656. The van der Waals surface area contributed by atoms with E-state index in [-0.39, 0.29) is 19.5 Å². The summed E-state index contributed by atoms with van der Waals surface area (Å²) < 4.78 is 4.79. The van der Waals surface area contributed by atoms with E-state index in [2.05, 4.69) is 15.5 Å². The van der Waals surface area contributed by atoms with Crippen molar-refractivity contribution < 1.29 is 24.3 Å². The number of likely N-dealkylation sites (tertiary alicyclic amines) is 1. The van der Waals surface area contributed by atoms with Crippen LogP contribution in [-0.2, 0) is 11.2 Å². The number of amides is 2. The van der Waals surface area contributed by atoms with E-state index in [1.165, 1.54) is 0 Å². The predicted octanol–water partition coefficient (Wildman–Crippen LogP) is -0.850. The van der Waals surface area contributed by atoms with Gasteiger partial charge in [-0.2, -0.15) is 4.98 Å². The van der Waals surface area contributed by atoms with Gasteiger partial charge in [0.1, 0.15) is 6.04 Å². The number of carbonyl (C=O) groups excluding carboxylic acids is 1. The standard InChI is InChI=1S/C11H16N4O5/c1-6-13-9(14-20-6)2-3-12-11(19)15-5-7(16)4-8(15)10(17)18/h7-8,16H,2-5H2,1H3,(H,12,19)(H,17,18)/t7-,8+/m1/s1. The molecule has 0 radical (unpaired) electrons. The van der Waals surface area contributed by atoms with Crippen molar-refractivity contribution in [3.63, 3.8) is 0 Å². The lowest BCUT2D eigenvalue weighted by atomic mass is 10.2. The Morgan fingerprint density at radius 1 is 1.55 bits per heavy atom. The molecule has 1 saturated heterocycles. The number of hydrogen-bond donors (Lipinski definition) is 3. The first-order chi connectivity index (χ1) is 9.47. The number of carboxylic acids is 1. The van der Waals surface area contributed by atoms with Gasteiger partial charge in [-0.1, -0.05) is 5.16 Å². The van der Waals surface area contributed by atoms with Gasteiger partial charge in [-0.15, -0.1) is 0 Å². The van der Waals surface area contributed by atoms with E-state index in [1.54, 1.807) is 6.92 Å². The summed E-state index contributed by atoms with van der Waals surface area (Å²) >= 11 is 0. The maximum atomic E-state index is 11.9. The summed E-state index contributed by atoms with van der Waals surface area (Å²) in [4.78, 5) is 28.0. The lowest BCUT2D eigenvalue weighted by molar-refractivity contribution is -0.141. The highest BCUT2D eigenvalue weighted by Crippen LogP contribution is 2.17. The molecule has 110 valence electrons. The van der Waals surface area contributed by atoms with Crippen LogP contribution in [-0.4, -0.2) is 62.5 Å². The van der Waals surface area contributed by atoms with Crippen LogP contribution in [0.5, 0.6) is 0 Å². The zero-order valence-electron chi connectivity index (χ0n) is 10.9. The Bertz CT molecular complexity index is 503. The lowest BCUT2D eigenvalue weighted by Crippen LogP contribution is -2.46. The number of carboxylic acid groups (broad SMARTS) is 1. The Balaban J connectivity index is 1.83. The van der Waals surface area contributed by atoms with Gasteiger partial charge in [-0.25, -0.2) is 9.59 Å². The molecular weight excluding hydrogens is 268 g/mol. The molecule has 2 heterocycles. The molecule has 9 heteroatoms. The first-order valence-corrected chi connectivity index (χ1v) is 6.22. The molecule has 1 aliphatic rings. The summed E-state index contributed by atoms with van der Waals surface area (Å²) in [6, 6.07) is -1.51. The van der Waals surface area contributed by atoms with Crippen molar-refractivity contribution in [2.24, 2.45) is 0 Å². The minimum atomic E-state index is -1.12. The van der Waals surface area contributed by atoms with E-state index in [0.29, 0.717) is 18.1 Å². The van der Waals surface area contributed by atoms with Gasteiger partial charge in [0.15, 0.2) is 5.82 Å². The van der Waals surface area contributed by atoms with Crippen molar-refractivity contribution in [2.75, 3.05) is 13.1 Å². The average Bonchev–Trinajstić information content (AvgIpc) is 2.95. The average molecular weight is 284 g/mol. The summed E-state index contributed by atoms with van der Waals surface area (Å²) in [5.41, 5.74) is 0. The Morgan fingerprint density at radius 3 is 2.90 bits per heavy atom. The van der Waals surface area contributed by atoms with Crippen LogP contribution in [0.15, 0.2) is 4.52 Å². The van der Waals surface area contributed by atoms with Crippen molar-refractivity contribution in [3.8, 4) is 0 Å². The van der Waals surface area contributed by atoms with E-state index >= 15 is 0 Å². The van der Waals surface area contributed by atoms with Gasteiger partial charge < -0.3 is 25.0 Å². The fourth-order valence-electron chi connectivity index (χ4n) is 2.10. The van der Waals surface area contributed by atoms with E-state index in [1.807, 2.05) is 0 Å². The number of nitrogens with one attached hydrogen (secondary N) is 1. The predicted molar refractivity (Wildman–Crippen MR) is 64.9 cm³/mol. The third-order valence-corrected chi connectivity index (χ3v) is 3.02. The second kappa shape index (κ2) is 5.87. The number of urea groups is 1. The molecule has 1 aliphatic heterocycles. The third kappa shape index (κ3) is 3.23. The van der Waals surface area contributed by atoms with Gasteiger partial charge in [0, 0.05) is 32.9 Å². The summed E-state index contributed by atoms with van der Waals surface area (Å²) in [6.45, 7) is 1.94. The highest BCUT2D eigenvalue weighted by Gasteiger charge is 2.38. The molecule has 2 rings (SSSR count). The zero-order chi connectivity index (χ0) is 14.7. The number of aromatic nitrogens is 2. The van der Waals surface area contributed by atoms with Crippen LogP contribution in [0.4, 0.5) is 4.79 Å². The van der Waals surface area contributed by atoms with Crippen LogP contribution >= 0.6 is 0 Å². The number of rotatable bonds is 4. The van der Waals surface area contributed by atoms with Crippen LogP contribution in [0.3, 0.4) is 0 Å². The topological polar surface area (TPSA) is 129 Å². The smallest absolute Gasteiger partial charge is 0.326 e. The third-order valence-electron chi connectivity index (χ3n) is 3.02. The van der Waals surface area contributed by atoms with Crippen LogP contribution in [0.2, 0.25) is 0 Å². The minimum absolute atomic E-state index is 0.0180. The molecule has 2 amide bonds. The maximum Gasteiger partial charge on any atom is 0.326 e. The van der Waals surface area contributed by atoms with E-state index in [9.17, 15) is 14.7 Å². The highest BCUT2D eigenvalue weighted by atomic mass is 16.5. The number of hydrogen-bond acceptors (Lipinski definition) is 6. The SMILES string of the molecule is Cc1nc(CCNC(=O)N2C[C@H](O)C[C@H]2C(=O)O)no1. The van der Waals surface area contributed by atoms with Crippen molar-refractivity contribution >= 4 is 12.0 Å². The van der Waals surface area contributed by atoms with Crippen molar-refractivity contribution in [1.29, 1.82) is 0 Å². The van der Waals surface area contributed by atoms with Crippen LogP contribution in [0.25, 0.3) is 0 Å². The van der Waals surface area contributed by atoms with E-state index in [4.69, 9.17) is 9.63 Å². The molecule has 3 N–H and O–H groups in total. The van der Waals surface area contributed by atoms with E-state index in [0.717, 1.165) is 4.90 Å². The van der Waals surface area contributed by atoms with Crippen LogP contribution in [0.1, 0.15) is 18.1 Å². The van der Waals surface area contributed by atoms with Crippen molar-refractivity contribution in [1.82, 2.24) is 20.4 Å². The summed E-state index contributed by atoms with van der Waals surface area (Å²) in [5, 5.41) is 24.7. The van der Waals surface area contributed by atoms with Gasteiger partial charge in [0.05, 0.1) is 6.10 Å². The molecule has 0 bridgehead atoms. The first-order valence-electron chi connectivity index (χ1n) is 6.22. The van der Waals surface area contributed by atoms with Gasteiger partial charge >= 0.3 is 12.0 Å². The Morgan fingerprint density at radius 2 is 2.30 bits per heavy atom. The normalized spacial score (nSPS) is 22.0. The lowest BCUT2D eigenvalue weighted by Gasteiger charge is -2.21. The second-order valence-corrected chi connectivity index (χ2v) is 4.61. The number of carbonyl (C=O) groups is 2. The number of β-amino-alcohol motifs (C(OH)–C–C–N with tert-alkyl or cyclic N) is 1. The Hall–Kier alpha value is -2.16. The van der Waals surface area contributed by atoms with Crippen LogP contribution in [0, 0.1) is 6.92 Å².